The van der Waals surface area contributed by atoms with Crippen molar-refractivity contribution in [2.75, 3.05) is 43.8 Å². The average molecular weight is 538 g/mol. The zero-order valence-electron chi connectivity index (χ0n) is 21.1. The number of nitrogens with one attached hydrogen (secondary N) is 1. The lowest BCUT2D eigenvalue weighted by molar-refractivity contribution is -0.125. The third kappa shape index (κ3) is 5.04. The van der Waals surface area contributed by atoms with Gasteiger partial charge in [0.1, 0.15) is 17.7 Å². The first-order valence-corrected chi connectivity index (χ1v) is 12.8. The number of oxazole rings is 1. The maximum Gasteiger partial charge on any atom is 0.302 e. The lowest BCUT2D eigenvalue weighted by atomic mass is 10.2. The highest BCUT2D eigenvalue weighted by atomic mass is 35.5. The van der Waals surface area contributed by atoms with Gasteiger partial charge in [0.25, 0.3) is 5.91 Å². The van der Waals surface area contributed by atoms with Gasteiger partial charge in [-0.3, -0.25) is 14.9 Å². The highest BCUT2D eigenvalue weighted by molar-refractivity contribution is 6.31. The smallest absolute Gasteiger partial charge is 0.302 e. The van der Waals surface area contributed by atoms with Crippen molar-refractivity contribution in [3.05, 3.63) is 47.4 Å². The molecule has 0 radical (unpaired) electrons. The van der Waals surface area contributed by atoms with E-state index in [1.165, 1.54) is 6.33 Å². The molecule has 0 saturated carbocycles. The molecule has 4 aromatic rings. The van der Waals surface area contributed by atoms with E-state index in [4.69, 9.17) is 21.8 Å². The molecule has 198 valence electrons. The zero-order chi connectivity index (χ0) is 26.8. The molecule has 1 aromatic carbocycles. The van der Waals surface area contributed by atoms with Gasteiger partial charge in [-0.15, -0.1) is 0 Å². The van der Waals surface area contributed by atoms with Gasteiger partial charge in [-0.1, -0.05) is 31.5 Å². The average Bonchev–Trinajstić information content (AvgIpc) is 3.63. The first-order valence-electron chi connectivity index (χ1n) is 12.4. The first-order chi connectivity index (χ1) is 18.4. The Labute approximate surface area is 223 Å². The molecule has 0 bridgehead atoms. The number of hydrogen-bond donors (Lipinski definition) is 2. The zero-order valence-corrected chi connectivity index (χ0v) is 21.9. The number of nitrogens with two attached hydrogens (primary N) is 1. The Kier molecular flexibility index (Phi) is 7.25. The second kappa shape index (κ2) is 10.8. The predicted molar refractivity (Wildman–Crippen MR) is 144 cm³/mol. The van der Waals surface area contributed by atoms with Crippen LogP contribution < -0.4 is 11.1 Å². The summed E-state index contributed by atoms with van der Waals surface area (Å²) >= 11 is 6.02. The molecule has 12 nitrogen and oxygen atoms in total. The number of likely N-dealkylation sites (N-methyl/N-ethyl adjacent to an activating group) is 1. The van der Waals surface area contributed by atoms with E-state index in [2.05, 4.69) is 44.1 Å². The Morgan fingerprint density at radius 3 is 2.89 bits per heavy atom. The number of fused-ring (bicyclic) bond motifs is 2. The number of nitrogen functional groups attached to an aromatic ring is 1. The molecule has 1 fully saturated rings. The van der Waals surface area contributed by atoms with Crippen LogP contribution in [0, 0.1) is 0 Å². The summed E-state index contributed by atoms with van der Waals surface area (Å²) in [6.45, 7) is 7.75. The van der Waals surface area contributed by atoms with Gasteiger partial charge >= 0.3 is 6.01 Å². The number of nitrogens with zero attached hydrogens (tertiary/aromatic N) is 7. The fraction of sp³-hybridized carbons (Fsp3) is 0.360. The van der Waals surface area contributed by atoms with E-state index in [1.54, 1.807) is 33.9 Å². The van der Waals surface area contributed by atoms with Crippen LogP contribution in [0.3, 0.4) is 0 Å². The van der Waals surface area contributed by atoms with Crippen molar-refractivity contribution in [1.29, 1.82) is 0 Å². The second-order valence-corrected chi connectivity index (χ2v) is 9.39. The van der Waals surface area contributed by atoms with E-state index in [0.717, 1.165) is 19.6 Å². The predicted octanol–water partition coefficient (Wildman–Crippen LogP) is 3.13. The van der Waals surface area contributed by atoms with Crippen LogP contribution in [0.1, 0.15) is 36.8 Å². The van der Waals surface area contributed by atoms with Gasteiger partial charge in [0.05, 0.1) is 11.4 Å². The molecule has 13 heteroatoms. The number of aromatic nitrogens is 5. The van der Waals surface area contributed by atoms with Crippen molar-refractivity contribution in [1.82, 2.24) is 34.5 Å². The normalized spacial score (nSPS) is 15.9. The van der Waals surface area contributed by atoms with Crippen molar-refractivity contribution in [3.8, 4) is 0 Å². The topological polar surface area (TPSA) is 148 Å². The summed E-state index contributed by atoms with van der Waals surface area (Å²) in [6, 6.07) is 4.80. The van der Waals surface area contributed by atoms with Gasteiger partial charge in [-0.2, -0.15) is 10.1 Å². The van der Waals surface area contributed by atoms with Crippen molar-refractivity contribution < 1.29 is 14.0 Å². The number of likely N-dealkylation sites (tertiary alicyclic amines) is 1. The van der Waals surface area contributed by atoms with Crippen molar-refractivity contribution in [3.63, 3.8) is 0 Å². The van der Waals surface area contributed by atoms with Crippen LogP contribution in [0.15, 0.2) is 41.1 Å². The molecule has 1 aliphatic rings. The second-order valence-electron chi connectivity index (χ2n) is 8.95. The molecule has 1 atom stereocenters. The number of benzene rings is 1. The molecule has 0 aliphatic carbocycles. The summed E-state index contributed by atoms with van der Waals surface area (Å²) in [5.41, 5.74) is 7.59. The first kappa shape index (κ1) is 25.6. The van der Waals surface area contributed by atoms with E-state index in [-0.39, 0.29) is 29.5 Å². The Balaban J connectivity index is 1.36. The Morgan fingerprint density at radius 1 is 1.29 bits per heavy atom. The molecule has 38 heavy (non-hydrogen) atoms. The minimum atomic E-state index is -0.571. The Hall–Kier alpha value is -4.03. The molecule has 5 rings (SSSR count). The van der Waals surface area contributed by atoms with Crippen molar-refractivity contribution in [2.45, 2.75) is 26.3 Å². The number of amides is 2. The molecule has 4 heterocycles. The third-order valence-corrected chi connectivity index (χ3v) is 6.88. The highest BCUT2D eigenvalue weighted by Gasteiger charge is 2.31. The van der Waals surface area contributed by atoms with E-state index in [9.17, 15) is 9.59 Å². The van der Waals surface area contributed by atoms with Crippen LogP contribution in [0.25, 0.3) is 22.1 Å². The lowest BCUT2D eigenvalue weighted by Crippen LogP contribution is -2.28. The summed E-state index contributed by atoms with van der Waals surface area (Å²) in [6.07, 6.45) is 5.50. The largest absolute Gasteiger partial charge is 0.423 e. The maximum absolute atomic E-state index is 13.2. The van der Waals surface area contributed by atoms with Gasteiger partial charge in [0.15, 0.2) is 16.9 Å². The standard InChI is InChI=1S/C25H28ClN9O3/c1-3-33(4-2)10-5-6-19(36)34-11-9-16(13-34)35-23-20(22(27)28-14-29-23)21(32-35)24(37)31-25-30-17-12-15(26)7-8-18(17)38-25/h5-8,12,14,16H,3-4,9-11,13H2,1-2H3,(H2,27,28,29)(H,30,31,37)/b6-5+. The number of carbonyl (C=O) groups excluding carboxylic acids is 2. The number of carbonyl (C=O) groups is 2. The lowest BCUT2D eigenvalue weighted by Gasteiger charge is -2.16. The molecule has 1 saturated heterocycles. The van der Waals surface area contributed by atoms with Gasteiger partial charge in [-0.05, 0) is 37.7 Å². The summed E-state index contributed by atoms with van der Waals surface area (Å²) in [5.74, 6) is -0.501. The van der Waals surface area contributed by atoms with Crippen LogP contribution in [-0.2, 0) is 4.79 Å². The molecule has 3 aromatic heterocycles. The molecule has 1 aliphatic heterocycles. The molecule has 2 amide bonds. The SMILES string of the molecule is CCN(CC)C/C=C/C(=O)N1CCC(n2nc(C(=O)Nc3nc4cc(Cl)ccc4o3)c3c(N)ncnc32)C1. The molecular formula is C25H28ClN9O3. The fourth-order valence-corrected chi connectivity index (χ4v) is 4.72. The quantitative estimate of drug-likeness (QED) is 0.323. The van der Waals surface area contributed by atoms with Crippen LogP contribution in [-0.4, -0.2) is 79.1 Å². The van der Waals surface area contributed by atoms with Gasteiger partial charge in [0, 0.05) is 30.7 Å². The number of hydrogen-bond acceptors (Lipinski definition) is 9. The van der Waals surface area contributed by atoms with Crippen molar-refractivity contribution in [2.24, 2.45) is 0 Å². The Bertz CT molecular complexity index is 1530. The van der Waals surface area contributed by atoms with Gasteiger partial charge < -0.3 is 20.0 Å². The van der Waals surface area contributed by atoms with Crippen LogP contribution in [0.5, 0.6) is 0 Å². The van der Waals surface area contributed by atoms with E-state index < -0.39 is 5.91 Å². The maximum atomic E-state index is 13.2. The van der Waals surface area contributed by atoms with Gasteiger partial charge in [0.2, 0.25) is 5.91 Å². The summed E-state index contributed by atoms with van der Waals surface area (Å²) < 4.78 is 7.27. The number of rotatable bonds is 8. The molecule has 1 unspecified atom stereocenters. The molecule has 0 spiro atoms. The van der Waals surface area contributed by atoms with Crippen molar-refractivity contribution >= 4 is 57.4 Å². The summed E-state index contributed by atoms with van der Waals surface area (Å²) in [5, 5.41) is 8.03. The fourth-order valence-electron chi connectivity index (χ4n) is 4.55. The van der Waals surface area contributed by atoms with E-state index >= 15 is 0 Å². The Morgan fingerprint density at radius 2 is 2.11 bits per heavy atom. The van der Waals surface area contributed by atoms with E-state index in [1.807, 2.05) is 6.08 Å². The van der Waals surface area contributed by atoms with Gasteiger partial charge in [-0.25, -0.2) is 14.6 Å². The minimum Gasteiger partial charge on any atom is -0.423 e. The number of halogens is 1. The third-order valence-electron chi connectivity index (χ3n) is 6.64. The highest BCUT2D eigenvalue weighted by Crippen LogP contribution is 2.30. The van der Waals surface area contributed by atoms with E-state index in [0.29, 0.717) is 46.7 Å². The minimum absolute atomic E-state index is 0.000440. The summed E-state index contributed by atoms with van der Waals surface area (Å²) in [4.78, 5) is 42.7. The summed E-state index contributed by atoms with van der Waals surface area (Å²) in [7, 11) is 0. The number of anilines is 2. The monoisotopic (exact) mass is 537 g/mol. The van der Waals surface area contributed by atoms with Crippen LogP contribution in [0.2, 0.25) is 5.02 Å². The van der Waals surface area contributed by atoms with Crippen LogP contribution in [0.4, 0.5) is 11.8 Å². The molecular weight excluding hydrogens is 510 g/mol. The van der Waals surface area contributed by atoms with Crippen LogP contribution >= 0.6 is 11.6 Å². The molecule has 3 N–H and O–H groups in total.